The molecule has 0 aliphatic carbocycles. The number of nitrogen functional groups attached to an aromatic ring is 1. The molecule has 2 atom stereocenters. The van der Waals surface area contributed by atoms with Crippen LogP contribution in [0, 0.1) is 5.41 Å². The second-order valence-electron chi connectivity index (χ2n) is 11.2. The molecule has 0 radical (unpaired) electrons. The zero-order valence-electron chi connectivity index (χ0n) is 24.6. The summed E-state index contributed by atoms with van der Waals surface area (Å²) in [4.78, 5) is 29.6. The van der Waals surface area contributed by atoms with E-state index < -0.39 is 34.0 Å². The number of sulfonamides is 1. The molecule has 2 aromatic rings. The van der Waals surface area contributed by atoms with Crippen molar-refractivity contribution < 1.29 is 23.1 Å². The lowest BCUT2D eigenvalue weighted by Crippen LogP contribution is -2.55. The van der Waals surface area contributed by atoms with E-state index in [0.29, 0.717) is 17.2 Å². The van der Waals surface area contributed by atoms with Gasteiger partial charge in [0, 0.05) is 31.2 Å². The Bertz CT molecular complexity index is 1480. The van der Waals surface area contributed by atoms with Gasteiger partial charge in [-0.1, -0.05) is 35.9 Å². The van der Waals surface area contributed by atoms with Crippen molar-refractivity contribution in [2.24, 2.45) is 5.73 Å². The van der Waals surface area contributed by atoms with E-state index in [-0.39, 0.29) is 54.9 Å². The van der Waals surface area contributed by atoms with Gasteiger partial charge in [-0.05, 0) is 81.3 Å². The van der Waals surface area contributed by atoms with Crippen LogP contribution in [0.1, 0.15) is 49.4 Å². The normalized spacial score (nSPS) is 17.9. The SMILES string of the molecule is CC1=CCN(C(=O)[C@H](Cc2cccc(C(=N)N)c2)NS(=O)(=O)c2ccc3c(c2)CCN(C(C)C)CC3)[C@@H](C(=O)O)C1.Cl.Cl. The summed E-state index contributed by atoms with van der Waals surface area (Å²) in [5.74, 6) is -1.92. The summed E-state index contributed by atoms with van der Waals surface area (Å²) in [6, 6.07) is 9.82. The molecular weight excluding hydrogens is 613 g/mol. The van der Waals surface area contributed by atoms with Crippen molar-refractivity contribution >= 4 is 52.5 Å². The molecule has 2 aliphatic rings. The van der Waals surface area contributed by atoms with Gasteiger partial charge in [0.25, 0.3) is 0 Å². The van der Waals surface area contributed by atoms with Crippen LogP contribution in [0.15, 0.2) is 59.0 Å². The Labute approximate surface area is 266 Å². The van der Waals surface area contributed by atoms with Gasteiger partial charge in [0.05, 0.1) is 4.90 Å². The predicted molar refractivity (Wildman–Crippen MR) is 172 cm³/mol. The first kappa shape index (κ1) is 36.2. The maximum atomic E-state index is 13.9. The van der Waals surface area contributed by atoms with Crippen molar-refractivity contribution in [1.29, 1.82) is 5.41 Å². The fraction of sp³-hybridized carbons (Fsp3) is 0.433. The third kappa shape index (κ3) is 8.79. The Morgan fingerprint density at radius 3 is 2.40 bits per heavy atom. The summed E-state index contributed by atoms with van der Waals surface area (Å²) in [6.07, 6.45) is 3.45. The number of fused-ring (bicyclic) bond motifs is 1. The van der Waals surface area contributed by atoms with Crippen LogP contribution in [-0.2, 0) is 38.9 Å². The summed E-state index contributed by atoms with van der Waals surface area (Å²) >= 11 is 0. The number of carboxylic acids is 1. The van der Waals surface area contributed by atoms with Gasteiger partial charge in [-0.3, -0.25) is 10.2 Å². The molecule has 43 heavy (non-hydrogen) atoms. The van der Waals surface area contributed by atoms with Crippen molar-refractivity contribution in [3.8, 4) is 0 Å². The van der Waals surface area contributed by atoms with E-state index in [1.807, 2.05) is 13.0 Å². The summed E-state index contributed by atoms with van der Waals surface area (Å²) in [6.45, 7) is 7.90. The lowest BCUT2D eigenvalue weighted by atomic mass is 9.98. The number of nitrogens with one attached hydrogen (secondary N) is 2. The molecule has 0 saturated heterocycles. The summed E-state index contributed by atoms with van der Waals surface area (Å²) in [5.41, 5.74) is 9.61. The molecule has 0 unspecified atom stereocenters. The van der Waals surface area contributed by atoms with Crippen LogP contribution in [0.2, 0.25) is 0 Å². The number of hydrogen-bond donors (Lipinski definition) is 4. The minimum absolute atomic E-state index is 0. The second kappa shape index (κ2) is 15.2. The van der Waals surface area contributed by atoms with Gasteiger partial charge >= 0.3 is 5.97 Å². The third-order valence-corrected chi connectivity index (χ3v) is 9.39. The minimum Gasteiger partial charge on any atom is -0.480 e. The number of hydrogen-bond acceptors (Lipinski definition) is 6. The van der Waals surface area contributed by atoms with Gasteiger partial charge in [-0.2, -0.15) is 4.72 Å². The van der Waals surface area contributed by atoms with E-state index in [1.165, 1.54) is 4.90 Å². The fourth-order valence-corrected chi connectivity index (χ4v) is 6.72. The molecule has 0 aromatic heterocycles. The van der Waals surface area contributed by atoms with Gasteiger partial charge in [-0.25, -0.2) is 13.2 Å². The number of halogens is 2. The third-order valence-electron chi connectivity index (χ3n) is 7.92. The Morgan fingerprint density at radius 2 is 1.77 bits per heavy atom. The Hall–Kier alpha value is -2.96. The number of amides is 1. The Kier molecular flexibility index (Phi) is 12.8. The van der Waals surface area contributed by atoms with E-state index in [0.717, 1.165) is 42.6 Å². The minimum atomic E-state index is -4.15. The van der Waals surface area contributed by atoms with Crippen molar-refractivity contribution in [1.82, 2.24) is 14.5 Å². The van der Waals surface area contributed by atoms with Crippen LogP contribution in [0.5, 0.6) is 0 Å². The van der Waals surface area contributed by atoms with Gasteiger partial charge in [0.1, 0.15) is 17.9 Å². The molecule has 0 fully saturated rings. The maximum absolute atomic E-state index is 13.9. The first-order chi connectivity index (χ1) is 19.4. The summed E-state index contributed by atoms with van der Waals surface area (Å²) in [7, 11) is -4.15. The monoisotopic (exact) mass is 653 g/mol. The quantitative estimate of drug-likeness (QED) is 0.184. The molecule has 2 heterocycles. The molecule has 2 aliphatic heterocycles. The highest BCUT2D eigenvalue weighted by atomic mass is 35.5. The second-order valence-corrected chi connectivity index (χ2v) is 12.9. The van der Waals surface area contributed by atoms with Crippen LogP contribution in [0.3, 0.4) is 0 Å². The van der Waals surface area contributed by atoms with Gasteiger partial charge < -0.3 is 20.6 Å². The Balaban J connectivity index is 0.00000323. The van der Waals surface area contributed by atoms with Gasteiger partial charge in [0.2, 0.25) is 15.9 Å². The lowest BCUT2D eigenvalue weighted by Gasteiger charge is -2.34. The molecule has 0 saturated carbocycles. The van der Waals surface area contributed by atoms with E-state index in [9.17, 15) is 23.1 Å². The largest absolute Gasteiger partial charge is 0.480 e. The number of nitrogens with two attached hydrogens (primary N) is 1. The van der Waals surface area contributed by atoms with Crippen molar-refractivity contribution in [3.63, 3.8) is 0 Å². The first-order valence-electron chi connectivity index (χ1n) is 13.9. The van der Waals surface area contributed by atoms with E-state index >= 15 is 0 Å². The molecule has 10 nitrogen and oxygen atoms in total. The van der Waals surface area contributed by atoms with Crippen molar-refractivity contribution in [2.45, 2.75) is 69.5 Å². The number of rotatable bonds is 9. The average molecular weight is 655 g/mol. The summed E-state index contributed by atoms with van der Waals surface area (Å²) < 4.78 is 30.1. The van der Waals surface area contributed by atoms with Gasteiger partial charge in [-0.15, -0.1) is 24.8 Å². The van der Waals surface area contributed by atoms with Crippen LogP contribution in [-0.4, -0.2) is 78.8 Å². The standard InChI is InChI=1S/C30H39N5O5S.2ClH/c1-19(2)34-12-10-22-7-8-25(18-23(22)11-13-34)41(39,40)33-26(17-21-5-4-6-24(16-21)28(31)32)29(36)35-14-9-20(3)15-27(35)30(37)38;;/h4-9,16,18-19,26-27,33H,10-15,17H2,1-3H3,(H3,31,32)(H,37,38);2*1H/t26-,27+;;/m0../s1. The van der Waals surface area contributed by atoms with E-state index in [4.69, 9.17) is 11.1 Å². The molecule has 13 heteroatoms. The van der Waals surface area contributed by atoms with E-state index in [2.05, 4.69) is 23.5 Å². The zero-order chi connectivity index (χ0) is 29.9. The molecule has 4 rings (SSSR count). The van der Waals surface area contributed by atoms with E-state index in [1.54, 1.807) is 42.5 Å². The number of nitrogens with zero attached hydrogens (tertiary/aromatic N) is 2. The number of carbonyl (C=O) groups is 2. The molecule has 236 valence electrons. The lowest BCUT2D eigenvalue weighted by molar-refractivity contribution is -0.150. The highest BCUT2D eigenvalue weighted by Crippen LogP contribution is 2.24. The van der Waals surface area contributed by atoms with Gasteiger partial charge in [0.15, 0.2) is 0 Å². The zero-order valence-corrected chi connectivity index (χ0v) is 27.0. The smallest absolute Gasteiger partial charge is 0.326 e. The number of carboxylic acid groups (broad SMARTS) is 1. The predicted octanol–water partition coefficient (Wildman–Crippen LogP) is 3.14. The summed E-state index contributed by atoms with van der Waals surface area (Å²) in [5, 5.41) is 17.6. The fourth-order valence-electron chi connectivity index (χ4n) is 5.48. The maximum Gasteiger partial charge on any atom is 0.326 e. The topological polar surface area (TPSA) is 157 Å². The highest BCUT2D eigenvalue weighted by molar-refractivity contribution is 7.89. The van der Waals surface area contributed by atoms with Crippen LogP contribution >= 0.6 is 24.8 Å². The Morgan fingerprint density at radius 1 is 1.09 bits per heavy atom. The molecule has 0 spiro atoms. The molecule has 0 bridgehead atoms. The number of amidine groups is 1. The molecule has 5 N–H and O–H groups in total. The first-order valence-corrected chi connectivity index (χ1v) is 15.3. The number of benzene rings is 2. The molecule has 1 amide bonds. The van der Waals surface area contributed by atoms with Crippen LogP contribution < -0.4 is 10.5 Å². The van der Waals surface area contributed by atoms with Crippen LogP contribution in [0.25, 0.3) is 0 Å². The van der Waals surface area contributed by atoms with Crippen LogP contribution in [0.4, 0.5) is 0 Å². The average Bonchev–Trinajstić information content (AvgIpc) is 3.14. The number of aliphatic carboxylic acids is 1. The molecule has 2 aromatic carbocycles. The molecular formula is C30H41Cl2N5O5S. The van der Waals surface area contributed by atoms with Crippen molar-refractivity contribution in [3.05, 3.63) is 76.4 Å². The van der Waals surface area contributed by atoms with Crippen molar-refractivity contribution in [2.75, 3.05) is 19.6 Å². The highest BCUT2D eigenvalue weighted by Gasteiger charge is 2.37. The number of carbonyl (C=O) groups excluding carboxylic acids is 1.